The molecule has 0 fully saturated rings. The molecule has 0 aliphatic carbocycles. The first-order valence-corrected chi connectivity index (χ1v) is 3.44. The number of alkyl halides is 3. The molecule has 0 aliphatic rings. The molecule has 0 aliphatic heterocycles. The smallest absolute Gasteiger partial charge is 0.475 e. The van der Waals surface area contributed by atoms with E-state index >= 15 is 0 Å². The number of rotatable bonds is 3. The molecule has 0 unspecified atom stereocenters. The van der Waals surface area contributed by atoms with Gasteiger partial charge in [0.1, 0.15) is 0 Å². The maximum atomic E-state index is 10.6. The second-order valence-corrected chi connectivity index (χ2v) is 2.24. The Morgan fingerprint density at radius 1 is 1.00 bits per heavy atom. The van der Waals surface area contributed by atoms with Crippen molar-refractivity contribution in [2.75, 3.05) is 0 Å². The zero-order valence-corrected chi connectivity index (χ0v) is 7.37. The van der Waals surface area contributed by atoms with Gasteiger partial charge in [-0.3, -0.25) is 9.59 Å². The second kappa shape index (κ2) is 6.62. The molecule has 15 heavy (non-hydrogen) atoms. The molecule has 0 aromatic heterocycles. The van der Waals surface area contributed by atoms with Crippen molar-refractivity contribution in [2.24, 2.45) is 11.5 Å². The Morgan fingerprint density at radius 3 is 1.27 bits per heavy atom. The summed E-state index contributed by atoms with van der Waals surface area (Å²) in [6.07, 6.45) is -4.98. The van der Waals surface area contributed by atoms with Gasteiger partial charge in [-0.1, -0.05) is 0 Å². The van der Waals surface area contributed by atoms with Crippen molar-refractivity contribution < 1.29 is 32.7 Å². The minimum Gasteiger partial charge on any atom is -0.475 e. The van der Waals surface area contributed by atoms with Crippen molar-refractivity contribution in [3.63, 3.8) is 0 Å². The molecule has 0 spiro atoms. The second-order valence-electron chi connectivity index (χ2n) is 2.24. The van der Waals surface area contributed by atoms with Crippen molar-refractivity contribution in [1.82, 2.24) is 0 Å². The number of carbonyl (C=O) groups excluding carboxylic acids is 2. The quantitative estimate of drug-likeness (QED) is 0.597. The third-order valence-corrected chi connectivity index (χ3v) is 0.860. The lowest BCUT2D eigenvalue weighted by molar-refractivity contribution is -0.192. The van der Waals surface area contributed by atoms with Crippen LogP contribution in [0.5, 0.6) is 0 Å². The number of carbonyl (C=O) groups is 3. The Morgan fingerprint density at radius 2 is 1.20 bits per heavy atom. The molecule has 0 radical (unpaired) electrons. The average molecular weight is 230 g/mol. The van der Waals surface area contributed by atoms with E-state index in [1.165, 1.54) is 0 Å². The van der Waals surface area contributed by atoms with Gasteiger partial charge in [-0.2, -0.15) is 13.2 Å². The van der Waals surface area contributed by atoms with Crippen LogP contribution in [-0.2, 0) is 14.4 Å². The van der Waals surface area contributed by atoms with Crippen molar-refractivity contribution in [3.8, 4) is 0 Å². The first-order chi connectivity index (χ1) is 6.57. The molecule has 0 atom stereocenters. The van der Waals surface area contributed by atoms with Gasteiger partial charge in [0, 0.05) is 12.8 Å². The number of carboxylic acids is 1. The van der Waals surface area contributed by atoms with E-state index < -0.39 is 24.0 Å². The lowest BCUT2D eigenvalue weighted by atomic mass is 10.3. The van der Waals surface area contributed by atoms with E-state index in [-0.39, 0.29) is 12.8 Å². The summed E-state index contributed by atoms with van der Waals surface area (Å²) in [6.45, 7) is 0. The van der Waals surface area contributed by atoms with Gasteiger partial charge in [0.05, 0.1) is 0 Å². The Bertz CT molecular complexity index is 237. The maximum absolute atomic E-state index is 10.6. The lowest BCUT2D eigenvalue weighted by Gasteiger charge is -1.93. The summed E-state index contributed by atoms with van der Waals surface area (Å²) in [5, 5.41) is 7.12. The standard InChI is InChI=1S/C4H8N2O2.C2HF3O2/c5-3(7)1-2-4(6)8;3-2(4,5)1(6)7/h1-2H2,(H2,5,7)(H2,6,8);(H,6,7). The maximum Gasteiger partial charge on any atom is 0.490 e. The van der Waals surface area contributed by atoms with Crippen LogP contribution in [0.25, 0.3) is 0 Å². The molecule has 0 saturated heterocycles. The summed E-state index contributed by atoms with van der Waals surface area (Å²) in [5.41, 5.74) is 9.39. The highest BCUT2D eigenvalue weighted by Crippen LogP contribution is 2.13. The fourth-order valence-corrected chi connectivity index (χ4v) is 0.246. The minimum absolute atomic E-state index is 0.0509. The monoisotopic (exact) mass is 230 g/mol. The number of aliphatic carboxylic acids is 1. The fourth-order valence-electron chi connectivity index (χ4n) is 0.246. The van der Waals surface area contributed by atoms with Crippen LogP contribution in [0.4, 0.5) is 13.2 Å². The minimum atomic E-state index is -5.08. The van der Waals surface area contributed by atoms with Gasteiger partial charge < -0.3 is 16.6 Å². The molecule has 2 amide bonds. The zero-order chi connectivity index (χ0) is 12.6. The van der Waals surface area contributed by atoms with Gasteiger partial charge in [-0.15, -0.1) is 0 Å². The van der Waals surface area contributed by atoms with Crippen LogP contribution in [0, 0.1) is 0 Å². The van der Waals surface area contributed by atoms with E-state index in [1.54, 1.807) is 0 Å². The molecule has 9 heteroatoms. The van der Waals surface area contributed by atoms with Crippen LogP contribution in [0.2, 0.25) is 0 Å². The van der Waals surface area contributed by atoms with Gasteiger partial charge in [-0.05, 0) is 0 Å². The van der Waals surface area contributed by atoms with E-state index in [2.05, 4.69) is 0 Å². The van der Waals surface area contributed by atoms with Gasteiger partial charge in [0.25, 0.3) is 0 Å². The number of halogens is 3. The SMILES string of the molecule is NC(=O)CCC(N)=O.O=C(O)C(F)(F)F. The third kappa shape index (κ3) is 15.0. The van der Waals surface area contributed by atoms with Crippen LogP contribution < -0.4 is 11.5 Å². The van der Waals surface area contributed by atoms with Crippen LogP contribution in [0.15, 0.2) is 0 Å². The molecule has 0 aromatic rings. The highest BCUT2D eigenvalue weighted by atomic mass is 19.4. The third-order valence-electron chi connectivity index (χ3n) is 0.860. The van der Waals surface area contributed by atoms with E-state index in [9.17, 15) is 22.8 Å². The highest BCUT2D eigenvalue weighted by Gasteiger charge is 2.38. The first-order valence-electron chi connectivity index (χ1n) is 3.44. The van der Waals surface area contributed by atoms with Crippen molar-refractivity contribution in [2.45, 2.75) is 19.0 Å². The highest BCUT2D eigenvalue weighted by molar-refractivity contribution is 5.81. The number of carboxylic acid groups (broad SMARTS) is 1. The summed E-state index contributed by atoms with van der Waals surface area (Å²) in [4.78, 5) is 28.7. The Balaban J connectivity index is 0. The number of primary amides is 2. The lowest BCUT2D eigenvalue weighted by Crippen LogP contribution is -2.21. The van der Waals surface area contributed by atoms with Crippen molar-refractivity contribution in [3.05, 3.63) is 0 Å². The molecular weight excluding hydrogens is 221 g/mol. The van der Waals surface area contributed by atoms with E-state index in [1.807, 2.05) is 0 Å². The van der Waals surface area contributed by atoms with Gasteiger partial charge in [-0.25, -0.2) is 4.79 Å². The molecule has 0 saturated carbocycles. The number of amides is 2. The number of nitrogens with two attached hydrogens (primary N) is 2. The van der Waals surface area contributed by atoms with Crippen LogP contribution >= 0.6 is 0 Å². The van der Waals surface area contributed by atoms with Gasteiger partial charge in [0.15, 0.2) is 0 Å². The Kier molecular flexibility index (Phi) is 6.92. The summed E-state index contributed by atoms with van der Waals surface area (Å²) in [6, 6.07) is 0. The molecule has 6 nitrogen and oxygen atoms in total. The molecule has 0 heterocycles. The van der Waals surface area contributed by atoms with Crippen LogP contribution in [0.3, 0.4) is 0 Å². The first kappa shape index (κ1) is 15.7. The summed E-state index contributed by atoms with van der Waals surface area (Å²) in [7, 11) is 0. The van der Waals surface area contributed by atoms with E-state index in [0.717, 1.165) is 0 Å². The Hall–Kier alpha value is -1.80. The predicted octanol–water partition coefficient (Wildman–Crippen LogP) is -0.630. The summed E-state index contributed by atoms with van der Waals surface area (Å²) >= 11 is 0. The van der Waals surface area contributed by atoms with Crippen molar-refractivity contribution in [1.29, 1.82) is 0 Å². The topological polar surface area (TPSA) is 123 Å². The summed E-state index contributed by atoms with van der Waals surface area (Å²) < 4.78 is 31.7. The molecule has 88 valence electrons. The predicted molar refractivity (Wildman–Crippen MR) is 41.3 cm³/mol. The summed E-state index contributed by atoms with van der Waals surface area (Å²) in [5.74, 6) is -3.75. The fraction of sp³-hybridized carbons (Fsp3) is 0.500. The van der Waals surface area contributed by atoms with E-state index in [4.69, 9.17) is 21.4 Å². The largest absolute Gasteiger partial charge is 0.490 e. The van der Waals surface area contributed by atoms with Crippen LogP contribution in [-0.4, -0.2) is 29.1 Å². The van der Waals surface area contributed by atoms with Crippen LogP contribution in [0.1, 0.15) is 12.8 Å². The molecule has 0 aromatic carbocycles. The number of hydrogen-bond acceptors (Lipinski definition) is 3. The molecule has 0 rings (SSSR count). The zero-order valence-electron chi connectivity index (χ0n) is 7.37. The van der Waals surface area contributed by atoms with E-state index in [0.29, 0.717) is 0 Å². The normalized spacial score (nSPS) is 9.80. The Labute approximate surface area is 82.0 Å². The average Bonchev–Trinajstić information content (AvgIpc) is 2.00. The van der Waals surface area contributed by atoms with Crippen molar-refractivity contribution >= 4 is 17.8 Å². The number of hydrogen-bond donors (Lipinski definition) is 3. The van der Waals surface area contributed by atoms with Gasteiger partial charge >= 0.3 is 12.1 Å². The molecule has 5 N–H and O–H groups in total. The molecular formula is C6H9F3N2O4. The van der Waals surface area contributed by atoms with Gasteiger partial charge in [0.2, 0.25) is 11.8 Å². The molecule has 0 bridgehead atoms.